The van der Waals surface area contributed by atoms with Gasteiger partial charge in [0.2, 0.25) is 5.91 Å². The molecule has 1 atom stereocenters. The van der Waals surface area contributed by atoms with Crippen molar-refractivity contribution in [3.05, 3.63) is 29.8 Å². The molecule has 0 fully saturated rings. The summed E-state index contributed by atoms with van der Waals surface area (Å²) < 4.78 is 11.8. The Kier molecular flexibility index (Phi) is 5.51. The summed E-state index contributed by atoms with van der Waals surface area (Å²) in [4.78, 5) is 22.3. The van der Waals surface area contributed by atoms with Crippen molar-refractivity contribution in [3.8, 4) is 0 Å². The van der Waals surface area contributed by atoms with Gasteiger partial charge >= 0.3 is 5.97 Å². The van der Waals surface area contributed by atoms with Gasteiger partial charge in [0.05, 0.1) is 17.2 Å². The summed E-state index contributed by atoms with van der Waals surface area (Å²) in [6, 6.07) is 6.40. The number of rotatable bonds is 6. The topological polar surface area (TPSA) is 83.5 Å². The van der Waals surface area contributed by atoms with Gasteiger partial charge in [0.25, 0.3) is 0 Å². The first-order valence-electron chi connectivity index (χ1n) is 5.48. The minimum atomic E-state index is -1.40. The van der Waals surface area contributed by atoms with Crippen molar-refractivity contribution in [1.82, 2.24) is 5.32 Å². The molecule has 5 nitrogen and oxygen atoms in total. The van der Waals surface area contributed by atoms with Crippen molar-refractivity contribution in [1.29, 1.82) is 0 Å². The Bertz CT molecular complexity index is 456. The van der Waals surface area contributed by atoms with Gasteiger partial charge in [-0.05, 0) is 24.6 Å². The molecule has 0 saturated carbocycles. The monoisotopic (exact) mass is 269 g/mol. The van der Waals surface area contributed by atoms with E-state index in [4.69, 9.17) is 5.11 Å². The number of carbonyl (C=O) groups excluding carboxylic acids is 1. The normalized spacial score (nSPS) is 11.8. The number of carbonyl (C=O) groups is 2. The fourth-order valence-corrected chi connectivity index (χ4v) is 2.33. The molecule has 98 valence electrons. The first kappa shape index (κ1) is 14.4. The number of carboxylic acids is 1. The quantitative estimate of drug-likeness (QED) is 0.790. The van der Waals surface area contributed by atoms with Gasteiger partial charge < -0.3 is 10.4 Å². The molecule has 1 aromatic carbocycles. The van der Waals surface area contributed by atoms with Crippen LogP contribution in [0.3, 0.4) is 0 Å². The molecule has 0 saturated heterocycles. The molecule has 0 heterocycles. The number of hydrogen-bond acceptors (Lipinski definition) is 3. The Balaban J connectivity index is 2.64. The van der Waals surface area contributed by atoms with E-state index in [9.17, 15) is 13.8 Å². The largest absolute Gasteiger partial charge is 0.481 e. The fraction of sp³-hybridized carbons (Fsp3) is 0.333. The maximum Gasteiger partial charge on any atom is 0.307 e. The summed E-state index contributed by atoms with van der Waals surface area (Å²) >= 11 is 0. The van der Waals surface area contributed by atoms with E-state index in [0.717, 1.165) is 0 Å². The van der Waals surface area contributed by atoms with Crippen LogP contribution in [0.1, 0.15) is 12.5 Å². The molecular formula is C12H15NO4S. The van der Waals surface area contributed by atoms with Crippen LogP contribution in [0.2, 0.25) is 0 Å². The van der Waals surface area contributed by atoms with Crippen molar-refractivity contribution in [3.63, 3.8) is 0 Å². The number of carboxylic acid groups (broad SMARTS) is 1. The van der Waals surface area contributed by atoms with Crippen LogP contribution in [-0.2, 0) is 26.8 Å². The van der Waals surface area contributed by atoms with E-state index < -0.39 is 16.8 Å². The Morgan fingerprint density at radius 2 is 1.89 bits per heavy atom. The molecular weight excluding hydrogens is 254 g/mol. The van der Waals surface area contributed by atoms with E-state index >= 15 is 0 Å². The highest BCUT2D eigenvalue weighted by atomic mass is 32.2. The van der Waals surface area contributed by atoms with E-state index in [1.807, 2.05) is 0 Å². The highest BCUT2D eigenvalue weighted by Gasteiger charge is 2.09. The Morgan fingerprint density at radius 1 is 1.28 bits per heavy atom. The van der Waals surface area contributed by atoms with Gasteiger partial charge in [-0.15, -0.1) is 0 Å². The maximum absolute atomic E-state index is 11.8. The second-order valence-corrected chi connectivity index (χ2v) is 5.11. The van der Waals surface area contributed by atoms with Crippen molar-refractivity contribution in [2.24, 2.45) is 0 Å². The molecule has 1 unspecified atom stereocenters. The Labute approximate surface area is 108 Å². The van der Waals surface area contributed by atoms with Gasteiger partial charge in [0, 0.05) is 11.4 Å². The van der Waals surface area contributed by atoms with Gasteiger partial charge in [-0.1, -0.05) is 12.1 Å². The standard InChI is InChI=1S/C12H15NO4S/c1-2-13-11(14)8-18(17)10-5-3-9(4-6-10)7-12(15)16/h3-6H,2,7-8H2,1H3,(H,13,14)(H,15,16). The molecule has 1 aromatic rings. The number of nitrogens with one attached hydrogen (secondary N) is 1. The zero-order chi connectivity index (χ0) is 13.5. The molecule has 0 aromatic heterocycles. The average molecular weight is 269 g/mol. The Morgan fingerprint density at radius 3 is 2.39 bits per heavy atom. The molecule has 0 aliphatic heterocycles. The third-order valence-electron chi connectivity index (χ3n) is 2.18. The average Bonchev–Trinajstić information content (AvgIpc) is 2.29. The lowest BCUT2D eigenvalue weighted by molar-refractivity contribution is -0.136. The van der Waals surface area contributed by atoms with Gasteiger partial charge in [0.15, 0.2) is 0 Å². The van der Waals surface area contributed by atoms with Crippen LogP contribution in [0.4, 0.5) is 0 Å². The minimum absolute atomic E-state index is 0.0662. The molecule has 0 spiro atoms. The highest BCUT2D eigenvalue weighted by molar-refractivity contribution is 7.85. The van der Waals surface area contributed by atoms with Crippen LogP contribution in [0.5, 0.6) is 0 Å². The van der Waals surface area contributed by atoms with Crippen LogP contribution >= 0.6 is 0 Å². The Hall–Kier alpha value is -1.69. The highest BCUT2D eigenvalue weighted by Crippen LogP contribution is 2.09. The predicted molar refractivity (Wildman–Crippen MR) is 67.7 cm³/mol. The molecule has 6 heteroatoms. The van der Waals surface area contributed by atoms with Gasteiger partial charge in [0.1, 0.15) is 5.75 Å². The lowest BCUT2D eigenvalue weighted by Crippen LogP contribution is -2.27. The van der Waals surface area contributed by atoms with E-state index in [-0.39, 0.29) is 18.1 Å². The van der Waals surface area contributed by atoms with Gasteiger partial charge in [-0.25, -0.2) is 0 Å². The van der Waals surface area contributed by atoms with Crippen molar-refractivity contribution < 1.29 is 18.9 Å². The maximum atomic E-state index is 11.8. The number of amides is 1. The molecule has 0 radical (unpaired) electrons. The second kappa shape index (κ2) is 6.90. The van der Waals surface area contributed by atoms with Gasteiger partial charge in [-0.2, -0.15) is 0 Å². The van der Waals surface area contributed by atoms with E-state index in [1.54, 1.807) is 31.2 Å². The van der Waals surface area contributed by atoms with Crippen molar-refractivity contribution >= 4 is 22.7 Å². The van der Waals surface area contributed by atoms with Crippen LogP contribution in [0, 0.1) is 0 Å². The van der Waals surface area contributed by atoms with Crippen molar-refractivity contribution in [2.75, 3.05) is 12.3 Å². The fourth-order valence-electron chi connectivity index (χ4n) is 1.38. The predicted octanol–water partition coefficient (Wildman–Crippen LogP) is 0.557. The number of benzene rings is 1. The van der Waals surface area contributed by atoms with Crippen LogP contribution in [0.25, 0.3) is 0 Å². The molecule has 18 heavy (non-hydrogen) atoms. The smallest absolute Gasteiger partial charge is 0.307 e. The summed E-state index contributed by atoms with van der Waals surface area (Å²) in [5.74, 6) is -1.25. The zero-order valence-corrected chi connectivity index (χ0v) is 10.8. The third-order valence-corrected chi connectivity index (χ3v) is 3.50. The summed E-state index contributed by atoms with van der Waals surface area (Å²) in [6.07, 6.45) is -0.0662. The molecule has 0 aliphatic carbocycles. The lowest BCUT2D eigenvalue weighted by atomic mass is 10.2. The first-order chi connectivity index (χ1) is 8.52. The summed E-state index contributed by atoms with van der Waals surface area (Å²) in [6.45, 7) is 2.30. The SMILES string of the molecule is CCNC(=O)CS(=O)c1ccc(CC(=O)O)cc1. The van der Waals surface area contributed by atoms with E-state index in [0.29, 0.717) is 17.0 Å². The number of hydrogen-bond donors (Lipinski definition) is 2. The van der Waals surface area contributed by atoms with Crippen LogP contribution < -0.4 is 5.32 Å². The number of aliphatic carboxylic acids is 1. The van der Waals surface area contributed by atoms with Crippen LogP contribution in [0.15, 0.2) is 29.2 Å². The summed E-state index contributed by atoms with van der Waals surface area (Å²) in [5.41, 5.74) is 0.640. The van der Waals surface area contributed by atoms with E-state index in [2.05, 4.69) is 5.32 Å². The molecule has 2 N–H and O–H groups in total. The van der Waals surface area contributed by atoms with Gasteiger partial charge in [-0.3, -0.25) is 13.8 Å². The minimum Gasteiger partial charge on any atom is -0.481 e. The molecule has 1 rings (SSSR count). The molecule has 1 amide bonds. The van der Waals surface area contributed by atoms with E-state index in [1.165, 1.54) is 0 Å². The lowest BCUT2D eigenvalue weighted by Gasteiger charge is -2.04. The summed E-state index contributed by atoms with van der Waals surface area (Å²) in [5, 5.41) is 11.2. The third kappa shape index (κ3) is 4.67. The molecule has 0 aliphatic rings. The van der Waals surface area contributed by atoms with Crippen molar-refractivity contribution in [2.45, 2.75) is 18.2 Å². The summed E-state index contributed by atoms with van der Waals surface area (Å²) in [7, 11) is -1.40. The first-order valence-corrected chi connectivity index (χ1v) is 6.80. The van der Waals surface area contributed by atoms with Crippen LogP contribution in [-0.4, -0.2) is 33.5 Å². The molecule has 0 bridgehead atoms. The second-order valence-electron chi connectivity index (χ2n) is 3.66. The zero-order valence-electron chi connectivity index (χ0n) is 10.0.